The number of aromatic nitrogens is 1. The molecule has 0 saturated carbocycles. The maximum absolute atomic E-state index is 9.80. The predicted octanol–water partition coefficient (Wildman–Crippen LogP) is 1.40. The van der Waals surface area contributed by atoms with Gasteiger partial charge >= 0.3 is 0 Å². The minimum Gasteiger partial charge on any atom is -0.390 e. The molecule has 0 aliphatic heterocycles. The molecule has 6 heteroatoms. The average molecular weight is 222 g/mol. The summed E-state index contributed by atoms with van der Waals surface area (Å²) in [5.41, 5.74) is 10.2. The number of aliphatic hydroxyl groups is 2. The Bertz CT molecular complexity index is 395. The van der Waals surface area contributed by atoms with Crippen molar-refractivity contribution in [1.29, 1.82) is 0 Å². The fourth-order valence-corrected chi connectivity index (χ4v) is 1.48. The second kappa shape index (κ2) is 5.46. The zero-order valence-electron chi connectivity index (χ0n) is 9.20. The lowest BCUT2D eigenvalue weighted by Gasteiger charge is -2.16. The van der Waals surface area contributed by atoms with E-state index < -0.39 is 12.2 Å². The summed E-state index contributed by atoms with van der Waals surface area (Å²) in [6.45, 7) is 3.46. The van der Waals surface area contributed by atoms with Crippen LogP contribution in [0.15, 0.2) is 17.2 Å². The highest BCUT2D eigenvalue weighted by molar-refractivity contribution is 5.23. The van der Waals surface area contributed by atoms with Gasteiger partial charge in [-0.1, -0.05) is 5.11 Å². The summed E-state index contributed by atoms with van der Waals surface area (Å²) < 4.78 is 0. The van der Waals surface area contributed by atoms with Crippen LogP contribution in [0.5, 0.6) is 0 Å². The molecule has 0 radical (unpaired) electrons. The zero-order valence-corrected chi connectivity index (χ0v) is 9.20. The summed E-state index contributed by atoms with van der Waals surface area (Å²) in [6.07, 6.45) is -2.16. The van der Waals surface area contributed by atoms with Gasteiger partial charge in [0, 0.05) is 16.3 Å². The second-order valence-corrected chi connectivity index (χ2v) is 3.61. The summed E-state index contributed by atoms with van der Waals surface area (Å²) in [7, 11) is 0. The molecule has 2 atom stereocenters. The van der Waals surface area contributed by atoms with Crippen molar-refractivity contribution in [2.75, 3.05) is 6.54 Å². The molecule has 0 bridgehead atoms. The van der Waals surface area contributed by atoms with E-state index in [2.05, 4.69) is 15.0 Å². The fourth-order valence-electron chi connectivity index (χ4n) is 1.48. The van der Waals surface area contributed by atoms with E-state index in [4.69, 9.17) is 5.53 Å². The first-order chi connectivity index (χ1) is 7.54. The summed E-state index contributed by atoms with van der Waals surface area (Å²) in [4.78, 5) is 6.69. The molecule has 1 aromatic heterocycles. The van der Waals surface area contributed by atoms with Crippen molar-refractivity contribution in [2.45, 2.75) is 26.1 Å². The zero-order chi connectivity index (χ0) is 12.1. The SMILES string of the molecule is Cc1cc(C(O)C(O)CN=[N+]=[N-])cc(C)n1. The van der Waals surface area contributed by atoms with E-state index in [1.165, 1.54) is 0 Å². The Hall–Kier alpha value is -1.62. The Balaban J connectivity index is 2.86. The van der Waals surface area contributed by atoms with Crippen LogP contribution in [-0.4, -0.2) is 27.8 Å². The van der Waals surface area contributed by atoms with E-state index in [1.807, 2.05) is 13.8 Å². The highest BCUT2D eigenvalue weighted by Crippen LogP contribution is 2.18. The van der Waals surface area contributed by atoms with Crippen molar-refractivity contribution in [3.05, 3.63) is 39.5 Å². The van der Waals surface area contributed by atoms with Gasteiger partial charge in [0.15, 0.2) is 0 Å². The maximum Gasteiger partial charge on any atom is 0.105 e. The molecule has 0 spiro atoms. The Kier molecular flexibility index (Phi) is 4.25. The molecule has 0 aromatic carbocycles. The van der Waals surface area contributed by atoms with Crippen LogP contribution >= 0.6 is 0 Å². The number of nitrogens with zero attached hydrogens (tertiary/aromatic N) is 4. The fraction of sp³-hybridized carbons (Fsp3) is 0.500. The van der Waals surface area contributed by atoms with E-state index in [0.717, 1.165) is 11.4 Å². The van der Waals surface area contributed by atoms with Gasteiger partial charge < -0.3 is 10.2 Å². The van der Waals surface area contributed by atoms with E-state index in [0.29, 0.717) is 5.56 Å². The van der Waals surface area contributed by atoms with Gasteiger partial charge in [-0.15, -0.1) is 0 Å². The van der Waals surface area contributed by atoms with Crippen LogP contribution in [0, 0.1) is 13.8 Å². The van der Waals surface area contributed by atoms with Crippen LogP contribution < -0.4 is 0 Å². The summed E-state index contributed by atoms with van der Waals surface area (Å²) in [6, 6.07) is 3.38. The lowest BCUT2D eigenvalue weighted by atomic mass is 10.0. The van der Waals surface area contributed by atoms with Gasteiger partial charge in [0.05, 0.1) is 12.6 Å². The quantitative estimate of drug-likeness (QED) is 0.457. The molecule has 6 nitrogen and oxygen atoms in total. The molecular weight excluding hydrogens is 208 g/mol. The molecule has 0 saturated heterocycles. The van der Waals surface area contributed by atoms with E-state index in [9.17, 15) is 10.2 Å². The van der Waals surface area contributed by atoms with Gasteiger partial charge in [-0.2, -0.15) is 0 Å². The highest BCUT2D eigenvalue weighted by Gasteiger charge is 2.18. The molecule has 86 valence electrons. The molecule has 1 aromatic rings. The first-order valence-electron chi connectivity index (χ1n) is 4.86. The Morgan fingerprint density at radius 3 is 2.44 bits per heavy atom. The van der Waals surface area contributed by atoms with Crippen LogP contribution in [-0.2, 0) is 0 Å². The smallest absolute Gasteiger partial charge is 0.105 e. The molecule has 1 heterocycles. The number of hydrogen-bond donors (Lipinski definition) is 2. The van der Waals surface area contributed by atoms with Crippen LogP contribution in [0.2, 0.25) is 0 Å². The third-order valence-corrected chi connectivity index (χ3v) is 2.14. The van der Waals surface area contributed by atoms with Crippen molar-refractivity contribution in [3.63, 3.8) is 0 Å². The minimum atomic E-state index is -1.10. The number of hydrogen-bond acceptors (Lipinski definition) is 4. The monoisotopic (exact) mass is 222 g/mol. The molecule has 2 N–H and O–H groups in total. The van der Waals surface area contributed by atoms with Crippen molar-refractivity contribution in [1.82, 2.24) is 4.98 Å². The van der Waals surface area contributed by atoms with E-state index in [-0.39, 0.29) is 6.54 Å². The first-order valence-corrected chi connectivity index (χ1v) is 4.86. The molecule has 2 unspecified atom stereocenters. The summed E-state index contributed by atoms with van der Waals surface area (Å²) in [5.74, 6) is 0. The van der Waals surface area contributed by atoms with Gasteiger partial charge in [0.1, 0.15) is 6.10 Å². The van der Waals surface area contributed by atoms with Crippen molar-refractivity contribution < 1.29 is 10.2 Å². The number of azide groups is 1. The summed E-state index contributed by atoms with van der Waals surface area (Å²) in [5, 5.41) is 22.6. The van der Waals surface area contributed by atoms with E-state index >= 15 is 0 Å². The number of pyridine rings is 1. The Morgan fingerprint density at radius 1 is 1.38 bits per heavy atom. The lowest BCUT2D eigenvalue weighted by Crippen LogP contribution is -2.21. The topological polar surface area (TPSA) is 102 Å². The largest absolute Gasteiger partial charge is 0.390 e. The molecule has 0 aliphatic carbocycles. The lowest BCUT2D eigenvalue weighted by molar-refractivity contribution is 0.0243. The Morgan fingerprint density at radius 2 is 1.94 bits per heavy atom. The van der Waals surface area contributed by atoms with Crippen molar-refractivity contribution in [2.24, 2.45) is 5.11 Å². The minimum absolute atomic E-state index is 0.155. The average Bonchev–Trinajstić information content (AvgIpc) is 2.23. The van der Waals surface area contributed by atoms with Crippen LogP contribution in [0.3, 0.4) is 0 Å². The van der Waals surface area contributed by atoms with Gasteiger partial charge in [0.25, 0.3) is 0 Å². The maximum atomic E-state index is 9.80. The van der Waals surface area contributed by atoms with Crippen molar-refractivity contribution >= 4 is 0 Å². The molecular formula is C10H14N4O2. The number of rotatable bonds is 4. The predicted molar refractivity (Wildman–Crippen MR) is 58.7 cm³/mol. The van der Waals surface area contributed by atoms with Crippen LogP contribution in [0.1, 0.15) is 23.1 Å². The first kappa shape index (κ1) is 12.4. The molecule has 0 fully saturated rings. The van der Waals surface area contributed by atoms with E-state index in [1.54, 1.807) is 12.1 Å². The normalized spacial score (nSPS) is 14.0. The van der Waals surface area contributed by atoms with Crippen LogP contribution in [0.4, 0.5) is 0 Å². The summed E-state index contributed by atoms with van der Waals surface area (Å²) >= 11 is 0. The molecule has 16 heavy (non-hydrogen) atoms. The van der Waals surface area contributed by atoms with Gasteiger partial charge in [0.2, 0.25) is 0 Å². The Labute approximate surface area is 93.2 Å². The highest BCUT2D eigenvalue weighted by atomic mass is 16.3. The van der Waals surface area contributed by atoms with Gasteiger partial charge in [-0.25, -0.2) is 0 Å². The molecule has 0 aliphatic rings. The van der Waals surface area contributed by atoms with Gasteiger partial charge in [-0.3, -0.25) is 4.98 Å². The number of aryl methyl sites for hydroxylation is 2. The van der Waals surface area contributed by atoms with Crippen molar-refractivity contribution in [3.8, 4) is 0 Å². The second-order valence-electron chi connectivity index (χ2n) is 3.61. The molecule has 0 amide bonds. The third-order valence-electron chi connectivity index (χ3n) is 2.14. The molecule has 1 rings (SSSR count). The van der Waals surface area contributed by atoms with Gasteiger partial charge in [-0.05, 0) is 37.1 Å². The third kappa shape index (κ3) is 3.20. The van der Waals surface area contributed by atoms with Crippen LogP contribution in [0.25, 0.3) is 10.4 Å². The number of aliphatic hydroxyl groups excluding tert-OH is 2. The standard InChI is InChI=1S/C10H14N4O2/c1-6-3-8(4-7(2)13-6)10(16)9(15)5-12-14-11/h3-4,9-10,15-16H,5H2,1-2H3.